The molecule has 0 atom stereocenters. The molecular weight excluding hydrogens is 400 g/mol. The summed E-state index contributed by atoms with van der Waals surface area (Å²) >= 11 is 5.95. The van der Waals surface area contributed by atoms with Crippen molar-refractivity contribution in [3.63, 3.8) is 0 Å². The maximum absolute atomic E-state index is 14.7. The minimum Gasteiger partial charge on any atom is -0.304 e. The van der Waals surface area contributed by atoms with Gasteiger partial charge in [0.15, 0.2) is 17.2 Å². The van der Waals surface area contributed by atoms with E-state index in [1.54, 1.807) is 24.3 Å². The standard InChI is InChI=1S/C21H10ClF2N3O2/c22-14-8-9-25-18-17(14)26-21(29)27(20(18)28)19-15(23)10-13(11-16(19)24)7-6-12-4-2-1-3-5-12/h1-5,8-11H,(H,26,29). The molecule has 0 unspecified atom stereocenters. The van der Waals surface area contributed by atoms with Gasteiger partial charge in [-0.3, -0.25) is 4.79 Å². The Morgan fingerprint density at radius 2 is 1.62 bits per heavy atom. The molecule has 0 spiro atoms. The van der Waals surface area contributed by atoms with E-state index in [1.165, 1.54) is 12.3 Å². The number of hydrogen-bond acceptors (Lipinski definition) is 3. The highest BCUT2D eigenvalue weighted by atomic mass is 35.5. The summed E-state index contributed by atoms with van der Waals surface area (Å²) in [5.74, 6) is 3.21. The third-order valence-corrected chi connectivity index (χ3v) is 4.42. The van der Waals surface area contributed by atoms with Crippen LogP contribution in [0.3, 0.4) is 0 Å². The van der Waals surface area contributed by atoms with Crippen LogP contribution in [0.5, 0.6) is 0 Å². The minimum atomic E-state index is -1.11. The first kappa shape index (κ1) is 18.6. The zero-order valence-electron chi connectivity index (χ0n) is 14.5. The SMILES string of the molecule is O=c1[nH]c2c(Cl)ccnc2c(=O)n1-c1c(F)cc(C#Cc2ccccc2)cc1F. The van der Waals surface area contributed by atoms with Crippen molar-refractivity contribution in [3.05, 3.63) is 103 Å². The van der Waals surface area contributed by atoms with Crippen molar-refractivity contribution < 1.29 is 8.78 Å². The fraction of sp³-hybridized carbons (Fsp3) is 0. The van der Waals surface area contributed by atoms with Gasteiger partial charge in [0, 0.05) is 17.3 Å². The zero-order chi connectivity index (χ0) is 20.5. The first-order valence-electron chi connectivity index (χ1n) is 8.32. The van der Waals surface area contributed by atoms with E-state index in [4.69, 9.17) is 11.6 Å². The molecule has 4 aromatic rings. The maximum atomic E-state index is 14.7. The highest BCUT2D eigenvalue weighted by Crippen LogP contribution is 2.19. The highest BCUT2D eigenvalue weighted by molar-refractivity contribution is 6.34. The van der Waals surface area contributed by atoms with Crippen molar-refractivity contribution in [2.75, 3.05) is 0 Å². The van der Waals surface area contributed by atoms with Gasteiger partial charge in [0.25, 0.3) is 5.56 Å². The Morgan fingerprint density at radius 3 is 2.31 bits per heavy atom. The van der Waals surface area contributed by atoms with Crippen LogP contribution in [0.2, 0.25) is 5.02 Å². The molecule has 0 saturated carbocycles. The number of pyridine rings is 1. The van der Waals surface area contributed by atoms with Gasteiger partial charge in [0.2, 0.25) is 0 Å². The monoisotopic (exact) mass is 409 g/mol. The van der Waals surface area contributed by atoms with E-state index in [-0.39, 0.29) is 21.6 Å². The van der Waals surface area contributed by atoms with E-state index in [0.717, 1.165) is 12.1 Å². The third-order valence-electron chi connectivity index (χ3n) is 4.11. The fourth-order valence-electron chi connectivity index (χ4n) is 2.80. The topological polar surface area (TPSA) is 67.8 Å². The van der Waals surface area contributed by atoms with Gasteiger partial charge in [-0.1, -0.05) is 41.6 Å². The van der Waals surface area contributed by atoms with Crippen LogP contribution in [0.25, 0.3) is 16.7 Å². The third kappa shape index (κ3) is 3.42. The summed E-state index contributed by atoms with van der Waals surface area (Å²) in [6.07, 6.45) is 1.25. The predicted molar refractivity (Wildman–Crippen MR) is 105 cm³/mol. The minimum absolute atomic E-state index is 0.00780. The molecule has 2 aromatic carbocycles. The molecule has 0 aliphatic heterocycles. The smallest absolute Gasteiger partial charge is 0.304 e. The van der Waals surface area contributed by atoms with Crippen molar-refractivity contribution in [3.8, 4) is 17.5 Å². The number of fused-ring (bicyclic) bond motifs is 1. The van der Waals surface area contributed by atoms with Gasteiger partial charge in [-0.05, 0) is 30.3 Å². The largest absolute Gasteiger partial charge is 0.333 e. The number of hydrogen-bond donors (Lipinski definition) is 1. The highest BCUT2D eigenvalue weighted by Gasteiger charge is 2.19. The van der Waals surface area contributed by atoms with E-state index in [9.17, 15) is 18.4 Å². The molecule has 0 aliphatic rings. The molecule has 2 aromatic heterocycles. The lowest BCUT2D eigenvalue weighted by Gasteiger charge is -2.09. The first-order valence-corrected chi connectivity index (χ1v) is 8.69. The van der Waals surface area contributed by atoms with Gasteiger partial charge in [-0.25, -0.2) is 23.1 Å². The molecule has 4 rings (SSSR count). The molecule has 1 N–H and O–H groups in total. The van der Waals surface area contributed by atoms with Gasteiger partial charge >= 0.3 is 5.69 Å². The lowest BCUT2D eigenvalue weighted by atomic mass is 10.1. The quantitative estimate of drug-likeness (QED) is 0.490. The summed E-state index contributed by atoms with van der Waals surface area (Å²) in [7, 11) is 0. The first-order chi connectivity index (χ1) is 14.0. The molecule has 0 aliphatic carbocycles. The summed E-state index contributed by atoms with van der Waals surface area (Å²) in [6.45, 7) is 0. The summed E-state index contributed by atoms with van der Waals surface area (Å²) in [5.41, 5.74) is -2.35. The number of H-pyrrole nitrogens is 1. The van der Waals surface area contributed by atoms with Crippen LogP contribution in [0, 0.1) is 23.5 Å². The van der Waals surface area contributed by atoms with Crippen LogP contribution < -0.4 is 11.2 Å². The number of aromatic amines is 1. The van der Waals surface area contributed by atoms with Crippen molar-refractivity contribution in [2.45, 2.75) is 0 Å². The number of nitrogens with one attached hydrogen (secondary N) is 1. The molecule has 142 valence electrons. The number of halogens is 3. The average Bonchev–Trinajstić information content (AvgIpc) is 2.70. The van der Waals surface area contributed by atoms with Crippen LogP contribution in [-0.4, -0.2) is 14.5 Å². The molecule has 0 saturated heterocycles. The number of aromatic nitrogens is 3. The Balaban J connectivity index is 1.88. The number of rotatable bonds is 1. The zero-order valence-corrected chi connectivity index (χ0v) is 15.3. The second kappa shape index (κ2) is 7.34. The Kier molecular flexibility index (Phi) is 4.71. The fourth-order valence-corrected chi connectivity index (χ4v) is 2.99. The van der Waals surface area contributed by atoms with Crippen molar-refractivity contribution in [2.24, 2.45) is 0 Å². The lowest BCUT2D eigenvalue weighted by Crippen LogP contribution is -2.35. The Labute approximate surface area is 167 Å². The Hall–Kier alpha value is -3.76. The Bertz CT molecular complexity index is 1410. The van der Waals surface area contributed by atoms with Gasteiger partial charge in [0.1, 0.15) is 5.69 Å². The summed E-state index contributed by atoms with van der Waals surface area (Å²) in [4.78, 5) is 31.2. The second-order valence-corrected chi connectivity index (χ2v) is 6.40. The van der Waals surface area contributed by atoms with Crippen LogP contribution in [0.1, 0.15) is 11.1 Å². The Morgan fingerprint density at radius 1 is 0.966 bits per heavy atom. The van der Waals surface area contributed by atoms with Gasteiger partial charge in [-0.15, -0.1) is 0 Å². The van der Waals surface area contributed by atoms with E-state index >= 15 is 0 Å². The molecule has 29 heavy (non-hydrogen) atoms. The van der Waals surface area contributed by atoms with Gasteiger partial charge in [0.05, 0.1) is 10.5 Å². The number of nitrogens with zero attached hydrogens (tertiary/aromatic N) is 2. The van der Waals surface area contributed by atoms with Crippen LogP contribution in [0.15, 0.2) is 64.3 Å². The second-order valence-electron chi connectivity index (χ2n) is 5.99. The maximum Gasteiger partial charge on any atom is 0.333 e. The molecule has 0 bridgehead atoms. The summed E-state index contributed by atoms with van der Waals surface area (Å²) in [5, 5.41) is 0.0869. The lowest BCUT2D eigenvalue weighted by molar-refractivity contribution is 0.562. The normalized spacial score (nSPS) is 10.6. The number of benzene rings is 2. The van der Waals surface area contributed by atoms with Crippen LogP contribution in [0.4, 0.5) is 8.78 Å². The van der Waals surface area contributed by atoms with Crippen LogP contribution in [-0.2, 0) is 0 Å². The molecule has 0 amide bonds. The van der Waals surface area contributed by atoms with E-state index < -0.39 is 28.6 Å². The molecule has 2 heterocycles. The molecule has 5 nitrogen and oxygen atoms in total. The van der Waals surface area contributed by atoms with E-state index in [0.29, 0.717) is 10.1 Å². The van der Waals surface area contributed by atoms with E-state index in [1.807, 2.05) is 6.07 Å². The molecular formula is C21H10ClF2N3O2. The van der Waals surface area contributed by atoms with Crippen molar-refractivity contribution in [1.82, 2.24) is 14.5 Å². The van der Waals surface area contributed by atoms with Crippen molar-refractivity contribution >= 4 is 22.6 Å². The molecule has 0 radical (unpaired) electrons. The van der Waals surface area contributed by atoms with E-state index in [2.05, 4.69) is 21.8 Å². The van der Waals surface area contributed by atoms with Crippen LogP contribution >= 0.6 is 11.6 Å². The summed E-state index contributed by atoms with van der Waals surface area (Å²) in [6, 6.07) is 12.2. The average molecular weight is 410 g/mol. The van der Waals surface area contributed by atoms with Gasteiger partial charge in [-0.2, -0.15) is 0 Å². The van der Waals surface area contributed by atoms with Crippen molar-refractivity contribution in [1.29, 1.82) is 0 Å². The predicted octanol–water partition coefficient (Wildman–Crippen LogP) is 3.41. The molecule has 8 heteroatoms. The van der Waals surface area contributed by atoms with Gasteiger partial charge < -0.3 is 4.98 Å². The summed E-state index contributed by atoms with van der Waals surface area (Å²) < 4.78 is 29.7. The molecule has 0 fully saturated rings.